The highest BCUT2D eigenvalue weighted by Crippen LogP contribution is 2.18. The Bertz CT molecular complexity index is 370. The molecule has 0 radical (unpaired) electrons. The number of allylic oxidation sites excluding steroid dienone is 1. The summed E-state index contributed by atoms with van der Waals surface area (Å²) in [6, 6.07) is 5.74. The molecule has 15 heavy (non-hydrogen) atoms. The molecule has 0 aliphatic carbocycles. The van der Waals surface area contributed by atoms with Gasteiger partial charge in [0.1, 0.15) is 12.4 Å². The van der Waals surface area contributed by atoms with Gasteiger partial charge in [0.15, 0.2) is 0 Å². The van der Waals surface area contributed by atoms with Crippen LogP contribution in [0.2, 0.25) is 0 Å². The highest BCUT2D eigenvalue weighted by atomic mass is 16.5. The van der Waals surface area contributed by atoms with Crippen molar-refractivity contribution < 1.29 is 9.94 Å². The Hall–Kier alpha value is -1.77. The van der Waals surface area contributed by atoms with Crippen LogP contribution in [0.4, 0.5) is 0 Å². The van der Waals surface area contributed by atoms with Crippen LogP contribution >= 0.6 is 0 Å². The Morgan fingerprint density at radius 1 is 1.47 bits per heavy atom. The lowest BCUT2D eigenvalue weighted by atomic mass is 10.1. The van der Waals surface area contributed by atoms with Gasteiger partial charge in [-0.15, -0.1) is 0 Å². The van der Waals surface area contributed by atoms with E-state index in [1.807, 2.05) is 44.2 Å². The van der Waals surface area contributed by atoms with Gasteiger partial charge in [0.05, 0.1) is 6.21 Å². The molecule has 1 N–H and O–H groups in total. The molecule has 0 heterocycles. The Labute approximate surface area is 89.7 Å². The molecule has 0 spiro atoms. The largest absolute Gasteiger partial charge is 0.489 e. The predicted octanol–water partition coefficient (Wildman–Crippen LogP) is 2.76. The van der Waals surface area contributed by atoms with Crippen LogP contribution < -0.4 is 4.74 Å². The highest BCUT2D eigenvalue weighted by molar-refractivity contribution is 5.83. The number of benzene rings is 1. The molecule has 0 aromatic heterocycles. The number of rotatable bonds is 4. The monoisotopic (exact) mass is 205 g/mol. The van der Waals surface area contributed by atoms with Crippen molar-refractivity contribution in [3.63, 3.8) is 0 Å². The second-order valence-corrected chi connectivity index (χ2v) is 3.17. The van der Waals surface area contributed by atoms with E-state index in [1.54, 1.807) is 0 Å². The quantitative estimate of drug-likeness (QED) is 0.355. The minimum Gasteiger partial charge on any atom is -0.489 e. The van der Waals surface area contributed by atoms with Crippen molar-refractivity contribution in [1.82, 2.24) is 0 Å². The summed E-state index contributed by atoms with van der Waals surface area (Å²) < 4.78 is 5.50. The standard InChI is InChI=1S/C12H15NO2/c1-3-4-7-15-12-6-5-10(2)8-11(12)9-13-14/h3-6,8-9,14H,7H2,1-2H3/b4-3+,13-9+. The maximum atomic E-state index is 8.51. The molecule has 80 valence electrons. The first-order chi connectivity index (χ1) is 7.27. The van der Waals surface area contributed by atoms with E-state index < -0.39 is 0 Å². The van der Waals surface area contributed by atoms with E-state index in [1.165, 1.54) is 6.21 Å². The Morgan fingerprint density at radius 3 is 2.93 bits per heavy atom. The third-order valence-corrected chi connectivity index (χ3v) is 1.93. The number of aryl methyl sites for hydroxylation is 1. The first kappa shape index (κ1) is 11.3. The third kappa shape index (κ3) is 3.46. The van der Waals surface area contributed by atoms with Gasteiger partial charge in [-0.05, 0) is 26.0 Å². The Kier molecular flexibility index (Phi) is 4.41. The van der Waals surface area contributed by atoms with Gasteiger partial charge in [-0.2, -0.15) is 0 Å². The summed E-state index contributed by atoms with van der Waals surface area (Å²) in [6.45, 7) is 4.44. The molecule has 0 amide bonds. The molecule has 1 aromatic carbocycles. The van der Waals surface area contributed by atoms with Gasteiger partial charge in [-0.3, -0.25) is 0 Å². The fraction of sp³-hybridized carbons (Fsp3) is 0.250. The van der Waals surface area contributed by atoms with E-state index >= 15 is 0 Å². The number of hydrogen-bond acceptors (Lipinski definition) is 3. The Balaban J connectivity index is 2.85. The minimum absolute atomic E-state index is 0.520. The smallest absolute Gasteiger partial charge is 0.128 e. The molecular weight excluding hydrogens is 190 g/mol. The Morgan fingerprint density at radius 2 is 2.27 bits per heavy atom. The van der Waals surface area contributed by atoms with Gasteiger partial charge in [0.2, 0.25) is 0 Å². The molecular formula is C12H15NO2. The van der Waals surface area contributed by atoms with Gasteiger partial charge in [-0.25, -0.2) is 0 Å². The topological polar surface area (TPSA) is 41.8 Å². The zero-order valence-electron chi connectivity index (χ0n) is 8.97. The lowest BCUT2D eigenvalue weighted by Gasteiger charge is -2.07. The van der Waals surface area contributed by atoms with E-state index in [0.717, 1.165) is 16.9 Å². The second-order valence-electron chi connectivity index (χ2n) is 3.17. The predicted molar refractivity (Wildman–Crippen MR) is 60.9 cm³/mol. The van der Waals surface area contributed by atoms with Crippen LogP contribution in [0.3, 0.4) is 0 Å². The molecule has 0 fully saturated rings. The highest BCUT2D eigenvalue weighted by Gasteiger charge is 2.00. The molecule has 0 unspecified atom stereocenters. The number of hydrogen-bond donors (Lipinski definition) is 1. The average Bonchev–Trinajstić information content (AvgIpc) is 2.22. The van der Waals surface area contributed by atoms with Gasteiger partial charge < -0.3 is 9.94 Å². The van der Waals surface area contributed by atoms with Crippen LogP contribution in [0.25, 0.3) is 0 Å². The fourth-order valence-electron chi connectivity index (χ4n) is 1.20. The maximum absolute atomic E-state index is 8.51. The van der Waals surface area contributed by atoms with Crippen molar-refractivity contribution in [1.29, 1.82) is 0 Å². The molecule has 1 aromatic rings. The van der Waals surface area contributed by atoms with Crippen molar-refractivity contribution >= 4 is 6.21 Å². The zero-order valence-corrected chi connectivity index (χ0v) is 8.97. The van der Waals surface area contributed by atoms with Crippen LogP contribution in [0.1, 0.15) is 18.1 Å². The summed E-state index contributed by atoms with van der Waals surface area (Å²) in [5.41, 5.74) is 1.88. The summed E-state index contributed by atoms with van der Waals surface area (Å²) in [4.78, 5) is 0. The van der Waals surface area contributed by atoms with Crippen LogP contribution in [0, 0.1) is 6.92 Å². The van der Waals surface area contributed by atoms with Gasteiger partial charge in [0.25, 0.3) is 0 Å². The molecule has 0 atom stereocenters. The average molecular weight is 205 g/mol. The van der Waals surface area contributed by atoms with E-state index in [0.29, 0.717) is 6.61 Å². The van der Waals surface area contributed by atoms with Crippen LogP contribution in [0.15, 0.2) is 35.5 Å². The molecule has 0 aliphatic heterocycles. The third-order valence-electron chi connectivity index (χ3n) is 1.93. The number of nitrogens with zero attached hydrogens (tertiary/aromatic N) is 1. The van der Waals surface area contributed by atoms with Crippen molar-refractivity contribution in [3.05, 3.63) is 41.5 Å². The molecule has 0 aliphatic rings. The molecule has 1 rings (SSSR count). The summed E-state index contributed by atoms with van der Waals surface area (Å²) in [7, 11) is 0. The first-order valence-corrected chi connectivity index (χ1v) is 4.80. The fourth-order valence-corrected chi connectivity index (χ4v) is 1.20. The summed E-state index contributed by atoms with van der Waals surface area (Å²) in [5.74, 6) is 0.719. The normalized spacial score (nSPS) is 11.3. The van der Waals surface area contributed by atoms with Crippen molar-refractivity contribution in [2.45, 2.75) is 13.8 Å². The zero-order chi connectivity index (χ0) is 11.1. The molecule has 0 saturated heterocycles. The van der Waals surface area contributed by atoms with E-state index in [4.69, 9.17) is 9.94 Å². The van der Waals surface area contributed by atoms with Gasteiger partial charge in [0, 0.05) is 5.56 Å². The van der Waals surface area contributed by atoms with Crippen LogP contribution in [0.5, 0.6) is 5.75 Å². The maximum Gasteiger partial charge on any atom is 0.128 e. The summed E-state index contributed by atoms with van der Waals surface area (Å²) >= 11 is 0. The lowest BCUT2D eigenvalue weighted by Crippen LogP contribution is -1.97. The van der Waals surface area contributed by atoms with Crippen molar-refractivity contribution in [3.8, 4) is 5.75 Å². The van der Waals surface area contributed by atoms with E-state index in [-0.39, 0.29) is 0 Å². The summed E-state index contributed by atoms with van der Waals surface area (Å²) in [6.07, 6.45) is 5.21. The van der Waals surface area contributed by atoms with Crippen LogP contribution in [-0.2, 0) is 0 Å². The molecule has 3 nitrogen and oxygen atoms in total. The van der Waals surface area contributed by atoms with E-state index in [9.17, 15) is 0 Å². The molecule has 0 bridgehead atoms. The second kappa shape index (κ2) is 5.86. The van der Waals surface area contributed by atoms with Crippen LogP contribution in [-0.4, -0.2) is 18.0 Å². The lowest BCUT2D eigenvalue weighted by molar-refractivity contribution is 0.321. The molecule has 0 saturated carbocycles. The van der Waals surface area contributed by atoms with Gasteiger partial charge in [-0.1, -0.05) is 28.9 Å². The number of oxime groups is 1. The van der Waals surface area contributed by atoms with Crippen molar-refractivity contribution in [2.75, 3.05) is 6.61 Å². The molecule has 3 heteroatoms. The summed E-state index contributed by atoms with van der Waals surface area (Å²) in [5, 5.41) is 11.5. The van der Waals surface area contributed by atoms with E-state index in [2.05, 4.69) is 5.16 Å². The van der Waals surface area contributed by atoms with Gasteiger partial charge >= 0.3 is 0 Å². The minimum atomic E-state index is 0.520. The number of ether oxygens (including phenoxy) is 1. The SMILES string of the molecule is C/C=C/COc1ccc(C)cc1/C=N/O. The first-order valence-electron chi connectivity index (χ1n) is 4.80. The van der Waals surface area contributed by atoms with Crippen molar-refractivity contribution in [2.24, 2.45) is 5.16 Å².